The molecule has 2 N–H and O–H groups in total. The van der Waals surface area contributed by atoms with Gasteiger partial charge in [0.2, 0.25) is 0 Å². The van der Waals surface area contributed by atoms with Crippen LogP contribution in [0.3, 0.4) is 0 Å². The number of benzene rings is 3. The highest BCUT2D eigenvalue weighted by Crippen LogP contribution is 2.22. The van der Waals surface area contributed by atoms with Crippen LogP contribution in [0.1, 0.15) is 11.1 Å². The van der Waals surface area contributed by atoms with Crippen molar-refractivity contribution in [3.63, 3.8) is 0 Å². The quantitative estimate of drug-likeness (QED) is 0.543. The minimum Gasteiger partial charge on any atom is -0.379 e. The van der Waals surface area contributed by atoms with Crippen molar-refractivity contribution in [3.05, 3.63) is 83.9 Å². The van der Waals surface area contributed by atoms with Crippen LogP contribution in [-0.2, 0) is 20.1 Å². The molecule has 8 nitrogen and oxygen atoms in total. The first kappa shape index (κ1) is 22.3. The van der Waals surface area contributed by atoms with Crippen LogP contribution in [0.25, 0.3) is 0 Å². The molecule has 0 unspecified atom stereocenters. The van der Waals surface area contributed by atoms with E-state index in [0.29, 0.717) is 0 Å². The predicted molar refractivity (Wildman–Crippen MR) is 116 cm³/mol. The van der Waals surface area contributed by atoms with Crippen LogP contribution >= 0.6 is 0 Å². The molecule has 0 aliphatic carbocycles. The summed E-state index contributed by atoms with van der Waals surface area (Å²) in [6.45, 7) is 3.64. The van der Waals surface area contributed by atoms with E-state index in [2.05, 4.69) is 5.32 Å². The number of hydrogen-bond donors (Lipinski definition) is 2. The van der Waals surface area contributed by atoms with Crippen LogP contribution in [0.4, 0.5) is 10.5 Å². The molecule has 0 spiro atoms. The predicted octanol–water partition coefficient (Wildman–Crippen LogP) is 3.58. The first-order chi connectivity index (χ1) is 14.5. The Morgan fingerprint density at radius 2 is 1.32 bits per heavy atom. The smallest absolute Gasteiger partial charge is 0.339 e. The lowest BCUT2D eigenvalue weighted by molar-refractivity contribution is 0.256. The van der Waals surface area contributed by atoms with E-state index in [1.165, 1.54) is 48.5 Å². The molecule has 31 heavy (non-hydrogen) atoms. The fourth-order valence-electron chi connectivity index (χ4n) is 2.56. The first-order valence-corrected chi connectivity index (χ1v) is 12.0. The lowest BCUT2D eigenvalue weighted by Crippen LogP contribution is -2.34. The Balaban J connectivity index is 1.70. The van der Waals surface area contributed by atoms with Crippen LogP contribution in [0.2, 0.25) is 0 Å². The molecule has 0 bridgehead atoms. The standard InChI is InChI=1S/C21H20N2O6S2/c1-15-6-10-19(11-7-15)30(25,26)23-21(24)22-17-4-3-5-18(14-17)29-31(27,28)20-12-8-16(2)9-13-20/h3-14H,1-2H3,(H2,22,23,24). The Labute approximate surface area is 181 Å². The van der Waals surface area contributed by atoms with Crippen molar-refractivity contribution in [1.82, 2.24) is 4.72 Å². The Morgan fingerprint density at radius 1 is 0.774 bits per heavy atom. The number of urea groups is 1. The fraction of sp³-hybridized carbons (Fsp3) is 0.0952. The molecule has 0 radical (unpaired) electrons. The second kappa shape index (κ2) is 8.78. The number of sulfonamides is 1. The molecule has 3 rings (SSSR count). The van der Waals surface area contributed by atoms with Gasteiger partial charge in [-0.3, -0.25) is 0 Å². The Kier molecular flexibility index (Phi) is 6.32. The summed E-state index contributed by atoms with van der Waals surface area (Å²) in [5, 5.41) is 2.35. The van der Waals surface area contributed by atoms with Gasteiger partial charge in [-0.2, -0.15) is 8.42 Å². The summed E-state index contributed by atoms with van der Waals surface area (Å²) in [6.07, 6.45) is 0. The fourth-order valence-corrected chi connectivity index (χ4v) is 4.39. The van der Waals surface area contributed by atoms with E-state index >= 15 is 0 Å². The van der Waals surface area contributed by atoms with Crippen LogP contribution < -0.4 is 14.2 Å². The van der Waals surface area contributed by atoms with Gasteiger partial charge in [0, 0.05) is 11.8 Å². The number of carbonyl (C=O) groups is 1. The Hall–Kier alpha value is -3.37. The lowest BCUT2D eigenvalue weighted by atomic mass is 10.2. The first-order valence-electron chi connectivity index (χ1n) is 9.07. The van der Waals surface area contributed by atoms with Gasteiger partial charge >= 0.3 is 16.1 Å². The van der Waals surface area contributed by atoms with E-state index in [1.807, 2.05) is 18.6 Å². The number of hydrogen-bond acceptors (Lipinski definition) is 6. The largest absolute Gasteiger partial charge is 0.379 e. The van der Waals surface area contributed by atoms with Gasteiger partial charge in [-0.15, -0.1) is 0 Å². The minimum atomic E-state index is -4.07. The normalized spacial score (nSPS) is 11.5. The summed E-state index contributed by atoms with van der Waals surface area (Å²) >= 11 is 0. The van der Waals surface area contributed by atoms with Crippen molar-refractivity contribution in [2.45, 2.75) is 23.6 Å². The highest BCUT2D eigenvalue weighted by atomic mass is 32.2. The Morgan fingerprint density at radius 3 is 1.90 bits per heavy atom. The molecule has 162 valence electrons. The van der Waals surface area contributed by atoms with Crippen molar-refractivity contribution in [2.75, 3.05) is 5.32 Å². The second-order valence-electron chi connectivity index (χ2n) is 6.75. The maximum atomic E-state index is 12.4. The van der Waals surface area contributed by atoms with E-state index in [-0.39, 0.29) is 21.2 Å². The molecule has 3 aromatic carbocycles. The van der Waals surface area contributed by atoms with Gasteiger partial charge in [-0.25, -0.2) is 17.9 Å². The molecule has 3 aromatic rings. The van der Waals surface area contributed by atoms with Gasteiger partial charge in [0.15, 0.2) is 0 Å². The van der Waals surface area contributed by atoms with E-state index in [4.69, 9.17) is 4.18 Å². The molecule has 0 saturated heterocycles. The van der Waals surface area contributed by atoms with Crippen LogP contribution in [-0.4, -0.2) is 22.9 Å². The van der Waals surface area contributed by atoms with Gasteiger partial charge < -0.3 is 9.50 Å². The van der Waals surface area contributed by atoms with Gasteiger partial charge in [0.1, 0.15) is 10.6 Å². The highest BCUT2D eigenvalue weighted by Gasteiger charge is 2.19. The van der Waals surface area contributed by atoms with E-state index in [9.17, 15) is 21.6 Å². The average molecular weight is 461 g/mol. The van der Waals surface area contributed by atoms with Crippen molar-refractivity contribution in [2.24, 2.45) is 0 Å². The third-order valence-corrected chi connectivity index (χ3v) is 6.77. The van der Waals surface area contributed by atoms with Crippen LogP contribution in [0.15, 0.2) is 82.6 Å². The molecule has 10 heteroatoms. The van der Waals surface area contributed by atoms with Gasteiger partial charge in [-0.05, 0) is 50.2 Å². The molecule has 2 amide bonds. The maximum Gasteiger partial charge on any atom is 0.339 e. The van der Waals surface area contributed by atoms with Gasteiger partial charge in [0.05, 0.1) is 4.90 Å². The van der Waals surface area contributed by atoms with Crippen molar-refractivity contribution >= 4 is 31.9 Å². The average Bonchev–Trinajstić information content (AvgIpc) is 2.68. The zero-order valence-corrected chi connectivity index (χ0v) is 18.3. The number of nitrogens with one attached hydrogen (secondary N) is 2. The molecule has 0 aromatic heterocycles. The summed E-state index contributed by atoms with van der Waals surface area (Å²) in [5.41, 5.74) is 1.92. The SMILES string of the molecule is Cc1ccc(S(=O)(=O)NC(=O)Nc2cccc(OS(=O)(=O)c3ccc(C)cc3)c2)cc1. The summed E-state index contributed by atoms with van der Waals surface area (Å²) in [7, 11) is -8.13. The zero-order chi connectivity index (χ0) is 22.6. The highest BCUT2D eigenvalue weighted by molar-refractivity contribution is 7.90. The maximum absolute atomic E-state index is 12.4. The molecule has 0 atom stereocenters. The zero-order valence-electron chi connectivity index (χ0n) is 16.7. The van der Waals surface area contributed by atoms with E-state index < -0.39 is 26.2 Å². The minimum absolute atomic E-state index is 0.0154. The van der Waals surface area contributed by atoms with Crippen molar-refractivity contribution < 1.29 is 25.8 Å². The number of rotatable bonds is 6. The van der Waals surface area contributed by atoms with Gasteiger partial charge in [-0.1, -0.05) is 41.5 Å². The monoisotopic (exact) mass is 460 g/mol. The summed E-state index contributed by atoms with van der Waals surface area (Å²) < 4.78 is 56.5. The summed E-state index contributed by atoms with van der Waals surface area (Å²) in [6, 6.07) is 16.7. The molecular formula is C21H20N2O6S2. The topological polar surface area (TPSA) is 119 Å². The molecule has 0 aliphatic rings. The van der Waals surface area contributed by atoms with E-state index in [0.717, 1.165) is 11.1 Å². The number of anilines is 1. The third-order valence-electron chi connectivity index (χ3n) is 4.17. The number of amides is 2. The van der Waals surface area contributed by atoms with Crippen molar-refractivity contribution in [1.29, 1.82) is 0 Å². The second-order valence-corrected chi connectivity index (χ2v) is 9.98. The summed E-state index contributed by atoms with van der Waals surface area (Å²) in [5.74, 6) is -0.0419. The van der Waals surface area contributed by atoms with Crippen LogP contribution in [0.5, 0.6) is 5.75 Å². The van der Waals surface area contributed by atoms with Crippen LogP contribution in [0, 0.1) is 13.8 Å². The van der Waals surface area contributed by atoms with E-state index in [1.54, 1.807) is 24.3 Å². The summed E-state index contributed by atoms with van der Waals surface area (Å²) in [4.78, 5) is 12.1. The molecule has 0 heterocycles. The number of aryl methyl sites for hydroxylation is 2. The van der Waals surface area contributed by atoms with Crippen molar-refractivity contribution in [3.8, 4) is 5.75 Å². The lowest BCUT2D eigenvalue weighted by Gasteiger charge is -2.11. The molecule has 0 fully saturated rings. The third kappa shape index (κ3) is 5.83. The number of carbonyl (C=O) groups excluding carboxylic acids is 1. The molecule has 0 aliphatic heterocycles. The Bertz CT molecular complexity index is 1300. The molecule has 0 saturated carbocycles. The molecular weight excluding hydrogens is 440 g/mol. The van der Waals surface area contributed by atoms with Gasteiger partial charge in [0.25, 0.3) is 10.0 Å².